The predicted molar refractivity (Wildman–Crippen MR) is 140 cm³/mol. The number of aromatic nitrogens is 4. The van der Waals surface area contributed by atoms with Gasteiger partial charge in [-0.25, -0.2) is 4.98 Å². The van der Waals surface area contributed by atoms with Crippen LogP contribution in [0.3, 0.4) is 0 Å². The number of nitrogen functional groups attached to an aromatic ring is 1. The summed E-state index contributed by atoms with van der Waals surface area (Å²) >= 11 is 3.67. The summed E-state index contributed by atoms with van der Waals surface area (Å²) in [6.45, 7) is 4.26. The van der Waals surface area contributed by atoms with Gasteiger partial charge in [0.1, 0.15) is 5.82 Å². The first-order valence-corrected chi connectivity index (χ1v) is 12.7. The molecule has 0 amide bonds. The number of hydrogen-bond acceptors (Lipinski definition) is 6. The van der Waals surface area contributed by atoms with Crippen LogP contribution in [0.2, 0.25) is 0 Å². The van der Waals surface area contributed by atoms with Gasteiger partial charge < -0.3 is 10.5 Å². The molecule has 5 rings (SSSR count). The number of anilines is 1. The standard InChI is InChI=1S/C27H28BrN5O2/c1-3-35-26(34)27(2)13-11-18(12-14-27)23-22(28)24(29)33-25(32-23)20(16-31-33)19-9-10-21(30-15-19)17-7-5-4-6-8-17/h4-10,15-16,18H,3,11-14,29H2,1-2H3. The quantitative estimate of drug-likeness (QED) is 0.314. The minimum Gasteiger partial charge on any atom is -0.466 e. The van der Waals surface area contributed by atoms with Crippen molar-refractivity contribution in [3.05, 3.63) is 65.0 Å². The van der Waals surface area contributed by atoms with E-state index in [4.69, 9.17) is 15.5 Å². The van der Waals surface area contributed by atoms with Gasteiger partial charge in [-0.3, -0.25) is 9.78 Å². The van der Waals surface area contributed by atoms with Gasteiger partial charge in [0, 0.05) is 28.8 Å². The molecule has 0 unspecified atom stereocenters. The number of nitrogens with zero attached hydrogens (tertiary/aromatic N) is 4. The normalized spacial score (nSPS) is 20.1. The molecule has 1 aliphatic rings. The summed E-state index contributed by atoms with van der Waals surface area (Å²) in [7, 11) is 0. The summed E-state index contributed by atoms with van der Waals surface area (Å²) in [4.78, 5) is 22.2. The molecule has 0 saturated heterocycles. The highest BCUT2D eigenvalue weighted by Crippen LogP contribution is 2.45. The molecule has 1 fully saturated rings. The summed E-state index contributed by atoms with van der Waals surface area (Å²) in [6.07, 6.45) is 6.83. The van der Waals surface area contributed by atoms with Crippen molar-refractivity contribution >= 4 is 33.4 Å². The number of carbonyl (C=O) groups excluding carboxylic acids is 1. The summed E-state index contributed by atoms with van der Waals surface area (Å²) in [5.74, 6) is 0.606. The van der Waals surface area contributed by atoms with Crippen LogP contribution in [0.1, 0.15) is 51.1 Å². The van der Waals surface area contributed by atoms with Crippen molar-refractivity contribution in [1.82, 2.24) is 19.6 Å². The fourth-order valence-corrected chi connectivity index (χ4v) is 5.44. The van der Waals surface area contributed by atoms with Crippen molar-refractivity contribution in [3.8, 4) is 22.4 Å². The largest absolute Gasteiger partial charge is 0.466 e. The van der Waals surface area contributed by atoms with Crippen molar-refractivity contribution in [1.29, 1.82) is 0 Å². The van der Waals surface area contributed by atoms with E-state index in [2.05, 4.69) is 26.0 Å². The van der Waals surface area contributed by atoms with Gasteiger partial charge in [0.25, 0.3) is 0 Å². The maximum atomic E-state index is 12.5. The molecule has 180 valence electrons. The van der Waals surface area contributed by atoms with Crippen LogP contribution in [0, 0.1) is 5.41 Å². The Bertz CT molecular complexity index is 1360. The Morgan fingerprint density at radius 3 is 2.54 bits per heavy atom. The zero-order valence-electron chi connectivity index (χ0n) is 19.9. The molecule has 4 aromatic rings. The van der Waals surface area contributed by atoms with E-state index < -0.39 is 5.41 Å². The van der Waals surface area contributed by atoms with Gasteiger partial charge in [-0.1, -0.05) is 36.4 Å². The molecule has 1 aromatic carbocycles. The molecule has 7 nitrogen and oxygen atoms in total. The van der Waals surface area contributed by atoms with Gasteiger partial charge >= 0.3 is 5.97 Å². The van der Waals surface area contributed by atoms with E-state index in [9.17, 15) is 4.79 Å². The third-order valence-electron chi connectivity index (χ3n) is 7.04. The van der Waals surface area contributed by atoms with Gasteiger partial charge in [0.15, 0.2) is 5.65 Å². The van der Waals surface area contributed by atoms with Crippen LogP contribution >= 0.6 is 15.9 Å². The average Bonchev–Trinajstić information content (AvgIpc) is 3.32. The Labute approximate surface area is 212 Å². The van der Waals surface area contributed by atoms with Crippen LogP contribution in [0.4, 0.5) is 5.82 Å². The van der Waals surface area contributed by atoms with Gasteiger partial charge in [-0.05, 0) is 61.5 Å². The Morgan fingerprint density at radius 2 is 1.89 bits per heavy atom. The molecule has 1 aliphatic carbocycles. The smallest absolute Gasteiger partial charge is 0.311 e. The lowest BCUT2D eigenvalue weighted by molar-refractivity contribution is -0.156. The average molecular weight is 534 g/mol. The van der Waals surface area contributed by atoms with E-state index >= 15 is 0 Å². The molecule has 3 heterocycles. The first kappa shape index (κ1) is 23.5. The van der Waals surface area contributed by atoms with Crippen molar-refractivity contribution < 1.29 is 9.53 Å². The molecule has 0 spiro atoms. The monoisotopic (exact) mass is 533 g/mol. The zero-order chi connectivity index (χ0) is 24.6. The molecule has 0 aliphatic heterocycles. The van der Waals surface area contributed by atoms with E-state index in [1.165, 1.54) is 0 Å². The minimum absolute atomic E-state index is 0.107. The number of hydrogen-bond donors (Lipinski definition) is 1. The summed E-state index contributed by atoms with van der Waals surface area (Å²) < 4.78 is 7.75. The van der Waals surface area contributed by atoms with Crippen LogP contribution in [0.5, 0.6) is 0 Å². The number of carbonyl (C=O) groups is 1. The second-order valence-corrected chi connectivity index (χ2v) is 10.1. The summed E-state index contributed by atoms with van der Waals surface area (Å²) in [5.41, 5.74) is 11.4. The molecule has 0 bridgehead atoms. The molecule has 0 atom stereocenters. The molecule has 1 saturated carbocycles. The van der Waals surface area contributed by atoms with Crippen LogP contribution in [-0.4, -0.2) is 32.2 Å². The van der Waals surface area contributed by atoms with Crippen LogP contribution in [0.25, 0.3) is 28.0 Å². The lowest BCUT2D eigenvalue weighted by Crippen LogP contribution is -2.34. The zero-order valence-corrected chi connectivity index (χ0v) is 21.5. The highest BCUT2D eigenvalue weighted by atomic mass is 79.9. The fraction of sp³-hybridized carbons (Fsp3) is 0.333. The number of halogens is 1. The number of nitrogens with two attached hydrogens (primary N) is 1. The second kappa shape index (κ2) is 9.41. The van der Waals surface area contributed by atoms with Crippen LogP contribution < -0.4 is 5.73 Å². The number of benzene rings is 1. The molecular weight excluding hydrogens is 506 g/mol. The van der Waals surface area contributed by atoms with E-state index in [0.717, 1.165) is 58.2 Å². The summed E-state index contributed by atoms with van der Waals surface area (Å²) in [6, 6.07) is 14.1. The third kappa shape index (κ3) is 4.31. The van der Waals surface area contributed by atoms with E-state index in [1.807, 2.05) is 62.5 Å². The number of esters is 1. The van der Waals surface area contributed by atoms with Crippen LogP contribution in [-0.2, 0) is 9.53 Å². The van der Waals surface area contributed by atoms with Crippen molar-refractivity contribution in [2.24, 2.45) is 5.41 Å². The topological polar surface area (TPSA) is 95.4 Å². The lowest BCUT2D eigenvalue weighted by Gasteiger charge is -2.35. The number of rotatable bonds is 5. The lowest BCUT2D eigenvalue weighted by atomic mass is 9.71. The molecule has 3 aromatic heterocycles. The Balaban J connectivity index is 1.46. The maximum Gasteiger partial charge on any atom is 0.311 e. The van der Waals surface area contributed by atoms with Crippen LogP contribution in [0.15, 0.2) is 59.3 Å². The Kier molecular flexibility index (Phi) is 6.32. The van der Waals surface area contributed by atoms with E-state index in [0.29, 0.717) is 18.1 Å². The number of pyridine rings is 1. The van der Waals surface area contributed by atoms with Gasteiger partial charge in [-0.2, -0.15) is 9.61 Å². The highest BCUT2D eigenvalue weighted by Gasteiger charge is 2.40. The van der Waals surface area contributed by atoms with Gasteiger partial charge in [0.2, 0.25) is 0 Å². The SMILES string of the molecule is CCOC(=O)C1(C)CCC(c2nc3c(-c4ccc(-c5ccccc5)nc4)cnn3c(N)c2Br)CC1. The first-order valence-electron chi connectivity index (χ1n) is 11.9. The van der Waals surface area contributed by atoms with Crippen molar-refractivity contribution in [2.45, 2.75) is 45.4 Å². The van der Waals surface area contributed by atoms with E-state index in [1.54, 1.807) is 10.7 Å². The first-order chi connectivity index (χ1) is 16.9. The molecule has 0 radical (unpaired) electrons. The third-order valence-corrected chi connectivity index (χ3v) is 7.85. The molecule has 35 heavy (non-hydrogen) atoms. The molecular formula is C27H28BrN5O2. The Morgan fingerprint density at radius 1 is 1.14 bits per heavy atom. The number of fused-ring (bicyclic) bond motifs is 1. The van der Waals surface area contributed by atoms with Crippen molar-refractivity contribution in [3.63, 3.8) is 0 Å². The molecule has 8 heteroatoms. The maximum absolute atomic E-state index is 12.5. The highest BCUT2D eigenvalue weighted by molar-refractivity contribution is 9.10. The number of ether oxygens (including phenoxy) is 1. The predicted octanol–water partition coefficient (Wildman–Crippen LogP) is 6.03. The Hall–Kier alpha value is -3.26. The summed E-state index contributed by atoms with van der Waals surface area (Å²) in [5, 5.41) is 4.50. The molecule has 2 N–H and O–H groups in total. The second-order valence-electron chi connectivity index (χ2n) is 9.34. The van der Waals surface area contributed by atoms with Crippen molar-refractivity contribution in [2.75, 3.05) is 12.3 Å². The van der Waals surface area contributed by atoms with E-state index in [-0.39, 0.29) is 11.9 Å². The van der Waals surface area contributed by atoms with Gasteiger partial charge in [-0.15, -0.1) is 0 Å². The van der Waals surface area contributed by atoms with Gasteiger partial charge in [0.05, 0.1) is 34.1 Å². The minimum atomic E-state index is -0.442. The fourth-order valence-electron chi connectivity index (χ4n) is 4.86.